The van der Waals surface area contributed by atoms with E-state index in [-0.39, 0.29) is 5.88 Å². The van der Waals surface area contributed by atoms with Gasteiger partial charge >= 0.3 is 0 Å². The maximum atomic E-state index is 11.3. The Kier molecular flexibility index (Phi) is 4.77. The minimum Gasteiger partial charge on any atom is -0.497 e. The zero-order valence-electron chi connectivity index (χ0n) is 12.9. The number of pyridine rings is 1. The smallest absolute Gasteiger partial charge is 0.230 e. The Morgan fingerprint density at radius 3 is 2.62 bits per heavy atom. The SMILES string of the molecule is COc1cccc(-c2ccc(C=O)c(Oc3ccccc3Cl)n2)c1. The molecule has 1 aromatic heterocycles. The van der Waals surface area contributed by atoms with Crippen molar-refractivity contribution in [3.05, 3.63) is 71.2 Å². The molecule has 0 atom stereocenters. The number of methoxy groups -OCH3 is 1. The van der Waals surface area contributed by atoms with Gasteiger partial charge in [-0.25, -0.2) is 4.98 Å². The number of aromatic nitrogens is 1. The lowest BCUT2D eigenvalue weighted by molar-refractivity contribution is 0.112. The van der Waals surface area contributed by atoms with Gasteiger partial charge in [-0.3, -0.25) is 4.79 Å². The van der Waals surface area contributed by atoms with Gasteiger partial charge < -0.3 is 9.47 Å². The molecule has 0 aliphatic rings. The summed E-state index contributed by atoms with van der Waals surface area (Å²) in [5, 5.41) is 0.447. The lowest BCUT2D eigenvalue weighted by Crippen LogP contribution is -1.96. The number of carbonyl (C=O) groups is 1. The van der Waals surface area contributed by atoms with Crippen LogP contribution in [0.15, 0.2) is 60.7 Å². The molecule has 0 saturated carbocycles. The summed E-state index contributed by atoms with van der Waals surface area (Å²) in [7, 11) is 1.61. The molecule has 0 saturated heterocycles. The van der Waals surface area contributed by atoms with Crippen molar-refractivity contribution in [2.24, 2.45) is 0 Å². The second-order valence-corrected chi connectivity index (χ2v) is 5.38. The number of ether oxygens (including phenoxy) is 2. The molecule has 0 amide bonds. The fourth-order valence-corrected chi connectivity index (χ4v) is 2.37. The van der Waals surface area contributed by atoms with Gasteiger partial charge in [0.1, 0.15) is 11.5 Å². The summed E-state index contributed by atoms with van der Waals surface area (Å²) in [6.07, 6.45) is 0.703. The van der Waals surface area contributed by atoms with Crippen molar-refractivity contribution in [1.82, 2.24) is 4.98 Å². The van der Waals surface area contributed by atoms with E-state index in [0.29, 0.717) is 28.3 Å². The van der Waals surface area contributed by atoms with Crippen LogP contribution >= 0.6 is 11.6 Å². The van der Waals surface area contributed by atoms with Gasteiger partial charge in [-0.1, -0.05) is 35.9 Å². The highest BCUT2D eigenvalue weighted by atomic mass is 35.5. The molecule has 2 aromatic carbocycles. The monoisotopic (exact) mass is 339 g/mol. The molecule has 0 radical (unpaired) electrons. The van der Waals surface area contributed by atoms with Gasteiger partial charge in [-0.2, -0.15) is 0 Å². The molecule has 0 aliphatic heterocycles. The molecule has 3 aromatic rings. The van der Waals surface area contributed by atoms with Gasteiger partial charge in [0, 0.05) is 5.56 Å². The molecule has 5 heteroatoms. The first kappa shape index (κ1) is 16.0. The van der Waals surface area contributed by atoms with Gasteiger partial charge in [0.2, 0.25) is 5.88 Å². The number of halogens is 1. The second-order valence-electron chi connectivity index (χ2n) is 4.97. The van der Waals surface area contributed by atoms with Crippen LogP contribution in [-0.2, 0) is 0 Å². The standard InChI is InChI=1S/C19H14ClNO3/c1-23-15-6-4-5-13(11-15)17-10-9-14(12-22)19(21-17)24-18-8-3-2-7-16(18)20/h2-12H,1H3. The summed E-state index contributed by atoms with van der Waals surface area (Å²) < 4.78 is 11.0. The Morgan fingerprint density at radius 2 is 1.88 bits per heavy atom. The van der Waals surface area contributed by atoms with E-state index >= 15 is 0 Å². The average Bonchev–Trinajstić information content (AvgIpc) is 2.63. The van der Waals surface area contributed by atoms with Gasteiger partial charge in [0.15, 0.2) is 6.29 Å². The normalized spacial score (nSPS) is 10.2. The van der Waals surface area contributed by atoms with Crippen LogP contribution in [0.1, 0.15) is 10.4 Å². The fourth-order valence-electron chi connectivity index (χ4n) is 2.20. The van der Waals surface area contributed by atoms with E-state index in [1.807, 2.05) is 24.3 Å². The third-order valence-electron chi connectivity index (χ3n) is 3.43. The third-order valence-corrected chi connectivity index (χ3v) is 3.74. The van der Waals surface area contributed by atoms with Gasteiger partial charge in [0.05, 0.1) is 23.4 Å². The lowest BCUT2D eigenvalue weighted by atomic mass is 10.1. The molecule has 4 nitrogen and oxygen atoms in total. The number of hydrogen-bond acceptors (Lipinski definition) is 4. The summed E-state index contributed by atoms with van der Waals surface area (Å²) in [6.45, 7) is 0. The molecule has 120 valence electrons. The molecule has 0 spiro atoms. The number of hydrogen-bond donors (Lipinski definition) is 0. The van der Waals surface area contributed by atoms with Gasteiger partial charge in [-0.05, 0) is 36.4 Å². The number of carbonyl (C=O) groups excluding carboxylic acids is 1. The molecule has 1 heterocycles. The van der Waals surface area contributed by atoms with Crippen molar-refractivity contribution in [2.75, 3.05) is 7.11 Å². The summed E-state index contributed by atoms with van der Waals surface area (Å²) in [5.74, 6) is 1.37. The Balaban J connectivity index is 2.02. The fraction of sp³-hybridized carbons (Fsp3) is 0.0526. The summed E-state index contributed by atoms with van der Waals surface area (Å²) in [5.41, 5.74) is 1.87. The van der Waals surface area contributed by atoms with E-state index in [1.165, 1.54) is 0 Å². The van der Waals surface area contributed by atoms with E-state index < -0.39 is 0 Å². The van der Waals surface area contributed by atoms with Crippen LogP contribution in [0.2, 0.25) is 5.02 Å². The van der Waals surface area contributed by atoms with Crippen LogP contribution in [0.4, 0.5) is 0 Å². The molecular weight excluding hydrogens is 326 g/mol. The van der Waals surface area contributed by atoms with Crippen molar-refractivity contribution in [3.63, 3.8) is 0 Å². The van der Waals surface area contributed by atoms with Gasteiger partial charge in [0.25, 0.3) is 0 Å². The minimum absolute atomic E-state index is 0.207. The quantitative estimate of drug-likeness (QED) is 0.613. The Bertz CT molecular complexity index is 880. The first-order chi connectivity index (χ1) is 11.7. The maximum Gasteiger partial charge on any atom is 0.230 e. The van der Waals surface area contributed by atoms with E-state index in [1.54, 1.807) is 43.5 Å². The molecule has 0 N–H and O–H groups in total. The Hall–Kier alpha value is -2.85. The minimum atomic E-state index is 0.207. The zero-order chi connectivity index (χ0) is 16.9. The summed E-state index contributed by atoms with van der Waals surface area (Å²) in [6, 6.07) is 18.0. The highest BCUT2D eigenvalue weighted by Crippen LogP contribution is 2.31. The molecule has 0 bridgehead atoms. The Labute approximate surface area is 144 Å². The topological polar surface area (TPSA) is 48.4 Å². The van der Waals surface area contributed by atoms with E-state index in [0.717, 1.165) is 11.3 Å². The third kappa shape index (κ3) is 3.39. The van der Waals surface area contributed by atoms with Crippen LogP contribution in [0.3, 0.4) is 0 Å². The predicted molar refractivity (Wildman–Crippen MR) is 93.1 cm³/mol. The van der Waals surface area contributed by atoms with Crippen LogP contribution < -0.4 is 9.47 Å². The van der Waals surface area contributed by atoms with E-state index in [4.69, 9.17) is 21.1 Å². The van der Waals surface area contributed by atoms with Crippen molar-refractivity contribution in [2.45, 2.75) is 0 Å². The highest BCUT2D eigenvalue weighted by Gasteiger charge is 2.11. The van der Waals surface area contributed by atoms with Crippen LogP contribution in [0.25, 0.3) is 11.3 Å². The molecular formula is C19H14ClNO3. The van der Waals surface area contributed by atoms with Crippen molar-refractivity contribution < 1.29 is 14.3 Å². The second kappa shape index (κ2) is 7.15. The van der Waals surface area contributed by atoms with Crippen molar-refractivity contribution >= 4 is 17.9 Å². The first-order valence-electron chi connectivity index (χ1n) is 7.24. The zero-order valence-corrected chi connectivity index (χ0v) is 13.7. The number of benzene rings is 2. The molecule has 24 heavy (non-hydrogen) atoms. The molecule has 3 rings (SSSR count). The lowest BCUT2D eigenvalue weighted by Gasteiger charge is -2.10. The van der Waals surface area contributed by atoms with Gasteiger partial charge in [-0.15, -0.1) is 0 Å². The summed E-state index contributed by atoms with van der Waals surface area (Å²) in [4.78, 5) is 15.7. The number of aldehydes is 1. The highest BCUT2D eigenvalue weighted by molar-refractivity contribution is 6.32. The average molecular weight is 340 g/mol. The van der Waals surface area contributed by atoms with Crippen molar-refractivity contribution in [1.29, 1.82) is 0 Å². The van der Waals surface area contributed by atoms with E-state index in [2.05, 4.69) is 4.98 Å². The first-order valence-corrected chi connectivity index (χ1v) is 7.62. The molecule has 0 unspecified atom stereocenters. The maximum absolute atomic E-state index is 11.3. The van der Waals surface area contributed by atoms with Crippen LogP contribution in [-0.4, -0.2) is 18.4 Å². The van der Waals surface area contributed by atoms with E-state index in [9.17, 15) is 4.79 Å². The van der Waals surface area contributed by atoms with Crippen LogP contribution in [0.5, 0.6) is 17.4 Å². The van der Waals surface area contributed by atoms with Crippen molar-refractivity contribution in [3.8, 4) is 28.6 Å². The number of rotatable bonds is 5. The number of para-hydroxylation sites is 1. The molecule has 0 aliphatic carbocycles. The predicted octanol–water partition coefficient (Wildman–Crippen LogP) is 5.02. The molecule has 0 fully saturated rings. The summed E-state index contributed by atoms with van der Waals surface area (Å²) >= 11 is 6.11. The Morgan fingerprint density at radius 1 is 1.04 bits per heavy atom. The van der Waals surface area contributed by atoms with Crippen LogP contribution in [0, 0.1) is 0 Å². The largest absolute Gasteiger partial charge is 0.497 e. The number of nitrogens with zero attached hydrogens (tertiary/aromatic N) is 1.